The van der Waals surface area contributed by atoms with Gasteiger partial charge in [-0.05, 0) is 70.6 Å². The van der Waals surface area contributed by atoms with Gasteiger partial charge in [-0.15, -0.1) is 0 Å². The molecule has 1 fully saturated rings. The number of hydrogen-bond donors (Lipinski definition) is 6. The van der Waals surface area contributed by atoms with E-state index in [4.69, 9.17) is 14.2 Å². The van der Waals surface area contributed by atoms with Gasteiger partial charge in [-0.2, -0.15) is 0 Å². The predicted octanol–water partition coefficient (Wildman–Crippen LogP) is 13.4. The summed E-state index contributed by atoms with van der Waals surface area (Å²) in [6.07, 6.45) is 49.8. The molecule has 0 aliphatic carbocycles. The minimum absolute atomic E-state index is 0.118. The molecule has 1 amide bonds. The first-order valence-corrected chi connectivity index (χ1v) is 29.6. The van der Waals surface area contributed by atoms with Crippen molar-refractivity contribution >= 4 is 11.9 Å². The molecule has 0 aromatic carbocycles. The Bertz CT molecular complexity index is 1400. The van der Waals surface area contributed by atoms with Gasteiger partial charge >= 0.3 is 5.97 Å². The van der Waals surface area contributed by atoms with Crippen LogP contribution < -0.4 is 5.32 Å². The van der Waals surface area contributed by atoms with Crippen molar-refractivity contribution in [2.24, 2.45) is 0 Å². The molecule has 1 heterocycles. The molecular weight excluding hydrogens is 907 g/mol. The molecule has 72 heavy (non-hydrogen) atoms. The molecule has 11 nitrogen and oxygen atoms in total. The molecule has 8 atom stereocenters. The highest BCUT2D eigenvalue weighted by Gasteiger charge is 2.47. The lowest BCUT2D eigenvalue weighted by atomic mass is 9.99. The number of allylic oxidation sites excluding steroid dienone is 9. The van der Waals surface area contributed by atoms with Gasteiger partial charge in [0.2, 0.25) is 5.91 Å². The second kappa shape index (κ2) is 49.2. The van der Waals surface area contributed by atoms with Crippen molar-refractivity contribution in [3.63, 3.8) is 0 Å². The normalized spacial score (nSPS) is 19.9. The maximum absolute atomic E-state index is 13.3. The molecule has 1 aliphatic rings. The van der Waals surface area contributed by atoms with Crippen LogP contribution in [0.3, 0.4) is 0 Å². The van der Waals surface area contributed by atoms with E-state index in [1.54, 1.807) is 6.08 Å². The summed E-state index contributed by atoms with van der Waals surface area (Å²) in [6, 6.07) is -1.03. The van der Waals surface area contributed by atoms with Gasteiger partial charge in [0.05, 0.1) is 25.4 Å². The van der Waals surface area contributed by atoms with Crippen LogP contribution in [0.1, 0.15) is 252 Å². The highest BCUT2D eigenvalue weighted by molar-refractivity contribution is 5.80. The van der Waals surface area contributed by atoms with E-state index >= 15 is 0 Å². The highest BCUT2D eigenvalue weighted by atomic mass is 16.7. The number of hydrogen-bond acceptors (Lipinski definition) is 10. The summed E-state index contributed by atoms with van der Waals surface area (Å²) in [6.45, 7) is 5.63. The molecule has 0 radical (unpaired) electrons. The van der Waals surface area contributed by atoms with Gasteiger partial charge in [-0.3, -0.25) is 9.59 Å². The first kappa shape index (κ1) is 67.4. The van der Waals surface area contributed by atoms with Crippen LogP contribution in [0.4, 0.5) is 0 Å². The topological polar surface area (TPSA) is 175 Å². The molecule has 8 unspecified atom stereocenters. The lowest BCUT2D eigenvalue weighted by molar-refractivity contribution is -0.305. The number of nitrogens with one attached hydrogen (secondary N) is 1. The Hall–Kier alpha value is -2.64. The molecule has 11 heteroatoms. The van der Waals surface area contributed by atoms with Gasteiger partial charge < -0.3 is 45.1 Å². The summed E-state index contributed by atoms with van der Waals surface area (Å²) >= 11 is 0. The number of carbonyl (C=O) groups is 2. The van der Waals surface area contributed by atoms with Gasteiger partial charge in [-0.25, -0.2) is 0 Å². The first-order valence-electron chi connectivity index (χ1n) is 29.6. The molecule has 1 rings (SSSR count). The fourth-order valence-corrected chi connectivity index (χ4v) is 9.00. The number of carbonyl (C=O) groups excluding carboxylic acids is 2. The smallest absolute Gasteiger partial charge is 0.306 e. The van der Waals surface area contributed by atoms with Crippen LogP contribution in [0.15, 0.2) is 60.8 Å². The molecule has 0 spiro atoms. The molecule has 1 saturated heterocycles. The average molecular weight is 1020 g/mol. The molecule has 6 N–H and O–H groups in total. The Kier molecular flexibility index (Phi) is 46.1. The molecule has 0 saturated carbocycles. The first-order chi connectivity index (χ1) is 35.2. The van der Waals surface area contributed by atoms with Gasteiger partial charge in [0.25, 0.3) is 0 Å². The SMILES string of the molecule is CC/C=C/C=C/C=C\CCCCCCC(O)C(=O)NC(COC1OC(CO)C(O)C(O)C1OC(=O)CCCCCCCCCCC/C=C/CCCCCCCC)C(O)/C=C/CCCCCCCCCCCC. The Morgan fingerprint density at radius 1 is 0.556 bits per heavy atom. The van der Waals surface area contributed by atoms with E-state index < -0.39 is 67.4 Å². The van der Waals surface area contributed by atoms with Crippen molar-refractivity contribution in [2.75, 3.05) is 13.2 Å². The summed E-state index contributed by atoms with van der Waals surface area (Å²) in [7, 11) is 0. The maximum Gasteiger partial charge on any atom is 0.306 e. The van der Waals surface area contributed by atoms with Crippen LogP contribution in [0.25, 0.3) is 0 Å². The number of aliphatic hydroxyl groups is 5. The Labute approximate surface area is 439 Å². The van der Waals surface area contributed by atoms with E-state index in [0.29, 0.717) is 12.8 Å². The zero-order chi connectivity index (χ0) is 52.5. The summed E-state index contributed by atoms with van der Waals surface area (Å²) in [4.78, 5) is 26.5. The third-order valence-corrected chi connectivity index (χ3v) is 13.7. The molecule has 0 aromatic rings. The van der Waals surface area contributed by atoms with Gasteiger partial charge in [0, 0.05) is 6.42 Å². The van der Waals surface area contributed by atoms with Crippen LogP contribution in [0, 0.1) is 0 Å². The van der Waals surface area contributed by atoms with Gasteiger partial charge in [-0.1, -0.05) is 236 Å². The standard InChI is InChI=1S/C61H109NO10/c1-4-7-10-13-16-19-22-25-26-27-28-29-30-31-34-37-40-43-46-49-56(66)72-59-58(68)57(67)55(50-63)71-61(59)70-51-52(53(64)47-44-41-38-35-32-23-20-17-14-11-8-5-2)62-60(69)54(65)48-45-42-39-36-33-24-21-18-15-12-9-6-3/h9,12,15,18,21,24-26,44,47,52-55,57-59,61,63-65,67-68H,4-8,10-11,13-14,16-17,19-20,22-23,27-43,45-46,48-51H2,1-3H3,(H,62,69)/b12-9+,18-15+,24-21-,26-25+,47-44+. The third-order valence-electron chi connectivity index (χ3n) is 13.7. The van der Waals surface area contributed by atoms with Gasteiger partial charge in [0.15, 0.2) is 12.4 Å². The van der Waals surface area contributed by atoms with Crippen molar-refractivity contribution in [1.29, 1.82) is 0 Å². The number of esters is 1. The van der Waals surface area contributed by atoms with E-state index in [9.17, 15) is 35.1 Å². The number of ether oxygens (including phenoxy) is 3. The number of unbranched alkanes of at least 4 members (excludes halogenated alkanes) is 29. The van der Waals surface area contributed by atoms with Crippen LogP contribution in [0.5, 0.6) is 0 Å². The summed E-state index contributed by atoms with van der Waals surface area (Å²) in [5.74, 6) is -1.22. The minimum Gasteiger partial charge on any atom is -0.454 e. The molecule has 1 aliphatic heterocycles. The zero-order valence-corrected chi connectivity index (χ0v) is 46.0. The van der Waals surface area contributed by atoms with Crippen molar-refractivity contribution < 1.29 is 49.3 Å². The Morgan fingerprint density at radius 2 is 1.01 bits per heavy atom. The monoisotopic (exact) mass is 1020 g/mol. The lowest BCUT2D eigenvalue weighted by Gasteiger charge is -2.41. The molecule has 0 aromatic heterocycles. The minimum atomic E-state index is -1.62. The fraction of sp³-hybridized carbons (Fsp3) is 0.803. The van der Waals surface area contributed by atoms with E-state index in [1.807, 2.05) is 30.4 Å². The highest BCUT2D eigenvalue weighted by Crippen LogP contribution is 2.26. The number of amides is 1. The largest absolute Gasteiger partial charge is 0.454 e. The van der Waals surface area contributed by atoms with Crippen molar-refractivity contribution in [3.8, 4) is 0 Å². The van der Waals surface area contributed by atoms with Crippen LogP contribution in [-0.2, 0) is 23.8 Å². The third kappa shape index (κ3) is 37.1. The lowest BCUT2D eigenvalue weighted by Crippen LogP contribution is -2.61. The second-order valence-electron chi connectivity index (χ2n) is 20.4. The number of rotatable bonds is 49. The van der Waals surface area contributed by atoms with E-state index in [0.717, 1.165) is 70.6 Å². The quantitative estimate of drug-likeness (QED) is 0.0149. The van der Waals surface area contributed by atoms with Crippen LogP contribution in [0.2, 0.25) is 0 Å². The fourth-order valence-electron chi connectivity index (χ4n) is 9.00. The van der Waals surface area contributed by atoms with Crippen LogP contribution in [-0.4, -0.2) is 99.6 Å². The van der Waals surface area contributed by atoms with Crippen molar-refractivity contribution in [2.45, 2.75) is 301 Å². The summed E-state index contributed by atoms with van der Waals surface area (Å²) in [5, 5.41) is 56.8. The molecule has 0 bridgehead atoms. The van der Waals surface area contributed by atoms with Crippen molar-refractivity contribution in [1.82, 2.24) is 5.32 Å². The maximum atomic E-state index is 13.3. The Morgan fingerprint density at radius 3 is 1.53 bits per heavy atom. The Balaban J connectivity index is 2.69. The predicted molar refractivity (Wildman–Crippen MR) is 296 cm³/mol. The zero-order valence-electron chi connectivity index (χ0n) is 46.0. The van der Waals surface area contributed by atoms with E-state index in [2.05, 4.69) is 50.4 Å². The second-order valence-corrected chi connectivity index (χ2v) is 20.4. The molecule has 418 valence electrons. The summed E-state index contributed by atoms with van der Waals surface area (Å²) in [5.41, 5.74) is 0. The average Bonchev–Trinajstić information content (AvgIpc) is 3.38. The number of aliphatic hydroxyl groups excluding tert-OH is 5. The van der Waals surface area contributed by atoms with Gasteiger partial charge in [0.1, 0.15) is 24.4 Å². The molecular formula is C61H109NO10. The van der Waals surface area contributed by atoms with Crippen LogP contribution >= 0.6 is 0 Å². The van der Waals surface area contributed by atoms with Crippen molar-refractivity contribution in [3.05, 3.63) is 60.8 Å². The van der Waals surface area contributed by atoms with E-state index in [1.165, 1.54) is 135 Å². The van der Waals surface area contributed by atoms with E-state index in [-0.39, 0.29) is 19.4 Å². The summed E-state index contributed by atoms with van der Waals surface area (Å²) < 4.78 is 17.6.